The SMILES string of the molecule is CCOCNCC(=O)N1CCCC1C(=O)NCC(O)C(=O)NCC(=O)OC. The maximum Gasteiger partial charge on any atom is 0.325 e. The van der Waals surface area contributed by atoms with Gasteiger partial charge in [0.2, 0.25) is 11.8 Å². The van der Waals surface area contributed by atoms with Crippen LogP contribution in [-0.2, 0) is 28.7 Å². The van der Waals surface area contributed by atoms with Gasteiger partial charge in [-0.3, -0.25) is 24.5 Å². The number of ether oxygens (including phenoxy) is 2. The molecule has 0 bridgehead atoms. The van der Waals surface area contributed by atoms with E-state index in [-0.39, 0.29) is 32.3 Å². The Kier molecular flexibility index (Phi) is 10.3. The van der Waals surface area contributed by atoms with Gasteiger partial charge in [0, 0.05) is 13.2 Å². The maximum absolute atomic E-state index is 12.3. The van der Waals surface area contributed by atoms with Gasteiger partial charge in [-0.15, -0.1) is 0 Å². The van der Waals surface area contributed by atoms with Crippen LogP contribution >= 0.6 is 0 Å². The molecule has 1 aliphatic heterocycles. The summed E-state index contributed by atoms with van der Waals surface area (Å²) >= 11 is 0. The van der Waals surface area contributed by atoms with Crippen molar-refractivity contribution in [2.24, 2.45) is 0 Å². The maximum atomic E-state index is 12.3. The summed E-state index contributed by atoms with van der Waals surface area (Å²) in [5.41, 5.74) is 0. The number of esters is 1. The van der Waals surface area contributed by atoms with Gasteiger partial charge >= 0.3 is 5.97 Å². The van der Waals surface area contributed by atoms with E-state index in [1.54, 1.807) is 0 Å². The van der Waals surface area contributed by atoms with Crippen molar-refractivity contribution in [2.45, 2.75) is 31.9 Å². The molecule has 2 unspecified atom stereocenters. The van der Waals surface area contributed by atoms with Crippen molar-refractivity contribution >= 4 is 23.7 Å². The second-order valence-corrected chi connectivity index (χ2v) is 5.86. The van der Waals surface area contributed by atoms with Crippen LogP contribution in [-0.4, -0.2) is 92.5 Å². The number of aliphatic hydroxyl groups is 1. The normalized spacial score (nSPS) is 17.3. The number of amides is 3. The predicted octanol–water partition coefficient (Wildman–Crippen LogP) is -2.67. The van der Waals surface area contributed by atoms with Crippen LogP contribution in [0, 0.1) is 0 Å². The lowest BCUT2D eigenvalue weighted by Gasteiger charge is -2.24. The minimum absolute atomic E-state index is 0.0579. The highest BCUT2D eigenvalue weighted by atomic mass is 16.5. The molecule has 0 spiro atoms. The van der Waals surface area contributed by atoms with E-state index in [4.69, 9.17) is 4.74 Å². The number of rotatable bonds is 11. The van der Waals surface area contributed by atoms with Gasteiger partial charge in [-0.1, -0.05) is 0 Å². The first kappa shape index (κ1) is 22.8. The predicted molar refractivity (Wildman–Crippen MR) is 93.3 cm³/mol. The van der Waals surface area contributed by atoms with Crippen LogP contribution < -0.4 is 16.0 Å². The molecular weight excluding hydrogens is 360 g/mol. The summed E-state index contributed by atoms with van der Waals surface area (Å²) in [6, 6.07) is -0.642. The van der Waals surface area contributed by atoms with Crippen LogP contribution in [0.25, 0.3) is 0 Å². The standard InChI is InChI=1S/C16H28N4O7/c1-3-27-10-17-8-13(22)20-6-4-5-11(20)15(24)18-7-12(21)16(25)19-9-14(23)26-2/h11-12,17,21H,3-10H2,1-2H3,(H,18,24)(H,19,25). The topological polar surface area (TPSA) is 146 Å². The van der Waals surface area contributed by atoms with Crippen molar-refractivity contribution in [3.05, 3.63) is 0 Å². The fraction of sp³-hybridized carbons (Fsp3) is 0.750. The van der Waals surface area contributed by atoms with Gasteiger partial charge in [0.25, 0.3) is 5.91 Å². The molecule has 0 aromatic carbocycles. The molecule has 0 aromatic rings. The van der Waals surface area contributed by atoms with E-state index in [1.165, 1.54) is 12.0 Å². The first-order valence-corrected chi connectivity index (χ1v) is 8.78. The number of methoxy groups -OCH3 is 1. The van der Waals surface area contributed by atoms with Crippen molar-refractivity contribution in [1.82, 2.24) is 20.9 Å². The average molecular weight is 388 g/mol. The van der Waals surface area contributed by atoms with Gasteiger partial charge in [0.15, 0.2) is 0 Å². The number of nitrogens with one attached hydrogen (secondary N) is 3. The van der Waals surface area contributed by atoms with Crippen molar-refractivity contribution < 1.29 is 33.8 Å². The van der Waals surface area contributed by atoms with Crippen LogP contribution in [0.5, 0.6) is 0 Å². The lowest BCUT2D eigenvalue weighted by Crippen LogP contribution is -2.51. The zero-order valence-electron chi connectivity index (χ0n) is 15.7. The Labute approximate surface area is 157 Å². The van der Waals surface area contributed by atoms with E-state index in [9.17, 15) is 24.3 Å². The van der Waals surface area contributed by atoms with Gasteiger partial charge in [0.05, 0.1) is 26.9 Å². The molecule has 4 N–H and O–H groups in total. The van der Waals surface area contributed by atoms with Gasteiger partial charge in [0.1, 0.15) is 18.7 Å². The van der Waals surface area contributed by atoms with E-state index in [0.29, 0.717) is 26.0 Å². The molecular formula is C16H28N4O7. The van der Waals surface area contributed by atoms with Gasteiger partial charge in [-0.25, -0.2) is 0 Å². The summed E-state index contributed by atoms with van der Waals surface area (Å²) < 4.78 is 9.46. The van der Waals surface area contributed by atoms with E-state index >= 15 is 0 Å². The number of hydrogen-bond donors (Lipinski definition) is 4. The number of nitrogens with zero attached hydrogens (tertiary/aromatic N) is 1. The molecule has 1 rings (SSSR count). The number of likely N-dealkylation sites (tertiary alicyclic amines) is 1. The van der Waals surface area contributed by atoms with Crippen LogP contribution in [0.3, 0.4) is 0 Å². The van der Waals surface area contributed by atoms with Crippen molar-refractivity contribution in [2.75, 3.05) is 46.6 Å². The van der Waals surface area contributed by atoms with Gasteiger partial charge in [-0.05, 0) is 19.8 Å². The minimum Gasteiger partial charge on any atom is -0.468 e. The summed E-state index contributed by atoms with van der Waals surface area (Å²) in [7, 11) is 1.17. The second kappa shape index (κ2) is 12.2. The molecule has 0 aromatic heterocycles. The lowest BCUT2D eigenvalue weighted by molar-refractivity contribution is -0.142. The molecule has 3 amide bonds. The Bertz CT molecular complexity index is 529. The molecule has 1 heterocycles. The monoisotopic (exact) mass is 388 g/mol. The Balaban J connectivity index is 2.40. The Morgan fingerprint density at radius 2 is 1.96 bits per heavy atom. The van der Waals surface area contributed by atoms with E-state index in [0.717, 1.165) is 0 Å². The molecule has 0 aliphatic carbocycles. The van der Waals surface area contributed by atoms with Gasteiger partial charge in [-0.2, -0.15) is 0 Å². The quantitative estimate of drug-likeness (QED) is 0.170. The summed E-state index contributed by atoms with van der Waals surface area (Å²) in [5.74, 6) is -2.12. The molecule has 0 radical (unpaired) electrons. The third-order valence-electron chi connectivity index (χ3n) is 3.97. The Hall–Kier alpha value is -2.24. The average Bonchev–Trinajstić information content (AvgIpc) is 3.16. The second-order valence-electron chi connectivity index (χ2n) is 5.86. The molecule has 11 nitrogen and oxygen atoms in total. The van der Waals surface area contributed by atoms with Crippen molar-refractivity contribution in [3.63, 3.8) is 0 Å². The number of carbonyl (C=O) groups excluding carboxylic acids is 4. The largest absolute Gasteiger partial charge is 0.468 e. The fourth-order valence-corrected chi connectivity index (χ4v) is 2.53. The Morgan fingerprint density at radius 3 is 2.63 bits per heavy atom. The van der Waals surface area contributed by atoms with Crippen LogP contribution in [0.2, 0.25) is 0 Å². The molecule has 1 saturated heterocycles. The highest BCUT2D eigenvalue weighted by Gasteiger charge is 2.34. The number of hydrogen-bond acceptors (Lipinski definition) is 8. The molecule has 154 valence electrons. The molecule has 2 atom stereocenters. The van der Waals surface area contributed by atoms with E-state index in [2.05, 4.69) is 20.7 Å². The molecule has 11 heteroatoms. The molecule has 1 aliphatic rings. The third kappa shape index (κ3) is 7.89. The minimum atomic E-state index is -1.52. The van der Waals surface area contributed by atoms with Crippen molar-refractivity contribution in [3.8, 4) is 0 Å². The van der Waals surface area contributed by atoms with Crippen LogP contribution in [0.1, 0.15) is 19.8 Å². The van der Waals surface area contributed by atoms with Crippen molar-refractivity contribution in [1.29, 1.82) is 0 Å². The third-order valence-corrected chi connectivity index (χ3v) is 3.97. The van der Waals surface area contributed by atoms with Gasteiger partial charge < -0.3 is 30.1 Å². The highest BCUT2D eigenvalue weighted by molar-refractivity contribution is 5.90. The summed E-state index contributed by atoms with van der Waals surface area (Å²) in [5, 5.41) is 17.2. The zero-order chi connectivity index (χ0) is 20.2. The molecule has 27 heavy (non-hydrogen) atoms. The van der Waals surface area contributed by atoms with E-state index in [1.807, 2.05) is 6.92 Å². The molecule has 0 saturated carbocycles. The van der Waals surface area contributed by atoms with Crippen LogP contribution in [0.4, 0.5) is 0 Å². The van der Waals surface area contributed by atoms with E-state index < -0.39 is 29.9 Å². The van der Waals surface area contributed by atoms with Crippen LogP contribution in [0.15, 0.2) is 0 Å². The number of carbonyl (C=O) groups is 4. The Morgan fingerprint density at radius 1 is 1.22 bits per heavy atom. The number of aliphatic hydroxyl groups excluding tert-OH is 1. The first-order valence-electron chi connectivity index (χ1n) is 8.78. The highest BCUT2D eigenvalue weighted by Crippen LogP contribution is 2.17. The summed E-state index contributed by atoms with van der Waals surface area (Å²) in [4.78, 5) is 48.6. The fourth-order valence-electron chi connectivity index (χ4n) is 2.53. The lowest BCUT2D eigenvalue weighted by atomic mass is 10.2. The summed E-state index contributed by atoms with van der Waals surface area (Å²) in [6.07, 6.45) is -0.317. The molecule has 1 fully saturated rings. The first-order chi connectivity index (χ1) is 12.9. The summed E-state index contributed by atoms with van der Waals surface area (Å²) in [6.45, 7) is 2.45. The zero-order valence-corrected chi connectivity index (χ0v) is 15.7. The smallest absolute Gasteiger partial charge is 0.325 e.